The zero-order valence-corrected chi connectivity index (χ0v) is 14.4. The Morgan fingerprint density at radius 1 is 1.36 bits per heavy atom. The maximum atomic E-state index is 12.7. The quantitative estimate of drug-likeness (QED) is 0.881. The van der Waals surface area contributed by atoms with E-state index in [9.17, 15) is 8.42 Å². The van der Waals surface area contributed by atoms with Crippen LogP contribution in [0.2, 0.25) is 0 Å². The lowest BCUT2D eigenvalue weighted by Gasteiger charge is -2.41. The zero-order valence-electron chi connectivity index (χ0n) is 13.5. The van der Waals surface area contributed by atoms with Crippen LogP contribution in [0.3, 0.4) is 0 Å². The van der Waals surface area contributed by atoms with Gasteiger partial charge in [-0.3, -0.25) is 4.68 Å². The van der Waals surface area contributed by atoms with Crippen LogP contribution in [0.25, 0.3) is 0 Å². The molecule has 6 nitrogen and oxygen atoms in total. The first-order valence-electron chi connectivity index (χ1n) is 8.18. The predicted molar refractivity (Wildman–Crippen MR) is 85.2 cm³/mol. The highest BCUT2D eigenvalue weighted by Gasteiger charge is 2.36. The SMILES string of the molecule is Cc1nn(C(C)C)cc1S(=O)(=O)NC1CCC2CCNC1C2. The van der Waals surface area contributed by atoms with Gasteiger partial charge in [-0.2, -0.15) is 5.10 Å². The summed E-state index contributed by atoms with van der Waals surface area (Å²) in [7, 11) is -3.51. The van der Waals surface area contributed by atoms with E-state index < -0.39 is 10.0 Å². The van der Waals surface area contributed by atoms with Gasteiger partial charge in [-0.15, -0.1) is 0 Å². The molecule has 2 aliphatic rings. The van der Waals surface area contributed by atoms with Crippen molar-refractivity contribution in [2.45, 2.75) is 69.5 Å². The van der Waals surface area contributed by atoms with Crippen molar-refractivity contribution >= 4 is 10.0 Å². The molecule has 0 aromatic carbocycles. The van der Waals surface area contributed by atoms with Crippen LogP contribution in [-0.2, 0) is 10.0 Å². The van der Waals surface area contributed by atoms with Gasteiger partial charge in [-0.05, 0) is 58.9 Å². The molecule has 3 unspecified atom stereocenters. The van der Waals surface area contributed by atoms with Crippen molar-refractivity contribution < 1.29 is 8.42 Å². The van der Waals surface area contributed by atoms with Crippen molar-refractivity contribution in [2.24, 2.45) is 5.92 Å². The van der Waals surface area contributed by atoms with Gasteiger partial charge < -0.3 is 5.32 Å². The van der Waals surface area contributed by atoms with E-state index in [1.54, 1.807) is 17.8 Å². The Morgan fingerprint density at radius 3 is 2.82 bits per heavy atom. The van der Waals surface area contributed by atoms with Crippen LogP contribution in [0.15, 0.2) is 11.1 Å². The maximum Gasteiger partial charge on any atom is 0.244 e. The fourth-order valence-electron chi connectivity index (χ4n) is 3.62. The molecule has 2 heterocycles. The van der Waals surface area contributed by atoms with Gasteiger partial charge in [-0.1, -0.05) is 0 Å². The monoisotopic (exact) mass is 326 g/mol. The molecule has 0 amide bonds. The van der Waals surface area contributed by atoms with Gasteiger partial charge >= 0.3 is 0 Å². The van der Waals surface area contributed by atoms with Crippen molar-refractivity contribution in [3.05, 3.63) is 11.9 Å². The molecule has 1 aromatic rings. The van der Waals surface area contributed by atoms with E-state index in [2.05, 4.69) is 15.1 Å². The molecule has 1 aliphatic carbocycles. The summed E-state index contributed by atoms with van der Waals surface area (Å²) in [6.07, 6.45) is 5.98. The number of hydrogen-bond acceptors (Lipinski definition) is 4. The number of rotatable bonds is 4. The Labute approximate surface area is 132 Å². The molecule has 1 aliphatic heterocycles. The molecule has 7 heteroatoms. The highest BCUT2D eigenvalue weighted by Crippen LogP contribution is 2.31. The average Bonchev–Trinajstić information content (AvgIpc) is 2.86. The number of hydrogen-bond donors (Lipinski definition) is 2. The van der Waals surface area contributed by atoms with Gasteiger partial charge in [-0.25, -0.2) is 13.1 Å². The Balaban J connectivity index is 1.78. The number of fused-ring (bicyclic) bond motifs is 2. The van der Waals surface area contributed by atoms with Crippen molar-refractivity contribution in [3.63, 3.8) is 0 Å². The summed E-state index contributed by atoms with van der Waals surface area (Å²) in [6.45, 7) is 6.73. The summed E-state index contributed by atoms with van der Waals surface area (Å²) in [4.78, 5) is 0.305. The lowest BCUT2D eigenvalue weighted by Crippen LogP contribution is -2.55. The smallest absolute Gasteiger partial charge is 0.244 e. The molecule has 1 aromatic heterocycles. The molecule has 22 heavy (non-hydrogen) atoms. The van der Waals surface area contributed by atoms with Crippen LogP contribution in [0.4, 0.5) is 0 Å². The van der Waals surface area contributed by atoms with Gasteiger partial charge in [0.15, 0.2) is 0 Å². The van der Waals surface area contributed by atoms with E-state index in [1.165, 1.54) is 6.42 Å². The van der Waals surface area contributed by atoms with E-state index in [0.29, 0.717) is 10.6 Å². The maximum absolute atomic E-state index is 12.7. The van der Waals surface area contributed by atoms with Crippen molar-refractivity contribution in [1.82, 2.24) is 19.8 Å². The highest BCUT2D eigenvalue weighted by atomic mass is 32.2. The first-order chi connectivity index (χ1) is 10.4. The van der Waals surface area contributed by atoms with E-state index in [-0.39, 0.29) is 18.1 Å². The van der Waals surface area contributed by atoms with Crippen molar-refractivity contribution in [1.29, 1.82) is 0 Å². The second-order valence-corrected chi connectivity index (χ2v) is 8.59. The third-order valence-corrected chi connectivity index (χ3v) is 6.51. The van der Waals surface area contributed by atoms with Gasteiger partial charge in [0, 0.05) is 24.3 Å². The number of nitrogens with one attached hydrogen (secondary N) is 2. The molecule has 1 saturated heterocycles. The van der Waals surface area contributed by atoms with Gasteiger partial charge in [0.05, 0.1) is 5.69 Å². The van der Waals surface area contributed by atoms with Gasteiger partial charge in [0.1, 0.15) is 4.90 Å². The van der Waals surface area contributed by atoms with Crippen LogP contribution in [0.5, 0.6) is 0 Å². The minimum Gasteiger partial charge on any atom is -0.312 e. The summed E-state index contributed by atoms with van der Waals surface area (Å²) in [5, 5.41) is 7.78. The zero-order chi connectivity index (χ0) is 15.9. The molecule has 2 bridgehead atoms. The van der Waals surface area contributed by atoms with E-state index in [4.69, 9.17) is 0 Å². The topological polar surface area (TPSA) is 76.0 Å². The van der Waals surface area contributed by atoms with E-state index in [1.807, 2.05) is 13.8 Å². The predicted octanol–water partition coefficient (Wildman–Crippen LogP) is 1.58. The molecule has 3 rings (SSSR count). The average molecular weight is 326 g/mol. The van der Waals surface area contributed by atoms with E-state index >= 15 is 0 Å². The van der Waals surface area contributed by atoms with Crippen LogP contribution in [-0.4, -0.2) is 36.8 Å². The Kier molecular flexibility index (Phi) is 4.31. The highest BCUT2D eigenvalue weighted by molar-refractivity contribution is 7.89. The number of sulfonamides is 1. The van der Waals surface area contributed by atoms with Crippen molar-refractivity contribution in [3.8, 4) is 0 Å². The van der Waals surface area contributed by atoms with Gasteiger partial charge in [0.2, 0.25) is 10.0 Å². The van der Waals surface area contributed by atoms with E-state index in [0.717, 1.165) is 31.7 Å². The minimum absolute atomic E-state index is 0.0108. The summed E-state index contributed by atoms with van der Waals surface area (Å²) >= 11 is 0. The third kappa shape index (κ3) is 3.07. The molecule has 0 radical (unpaired) electrons. The van der Waals surface area contributed by atoms with Gasteiger partial charge in [0.25, 0.3) is 0 Å². The van der Waals surface area contributed by atoms with Crippen LogP contribution in [0.1, 0.15) is 51.3 Å². The first kappa shape index (κ1) is 16.0. The van der Waals surface area contributed by atoms with Crippen LogP contribution < -0.4 is 10.0 Å². The number of nitrogens with zero attached hydrogens (tertiary/aromatic N) is 2. The molecular weight excluding hydrogens is 300 g/mol. The molecule has 1 saturated carbocycles. The first-order valence-corrected chi connectivity index (χ1v) is 9.66. The van der Waals surface area contributed by atoms with Crippen LogP contribution in [0, 0.1) is 12.8 Å². The molecule has 0 spiro atoms. The van der Waals surface area contributed by atoms with Crippen LogP contribution >= 0.6 is 0 Å². The second-order valence-electron chi connectivity index (χ2n) is 6.91. The molecule has 2 N–H and O–H groups in total. The molecular formula is C15H26N4O2S. The standard InChI is InChI=1S/C15H26N4O2S/c1-10(2)19-9-15(11(3)17-19)22(20,21)18-13-5-4-12-6-7-16-14(13)8-12/h9-10,12-14,16,18H,4-8H2,1-3H3. The molecule has 2 fully saturated rings. The lowest BCUT2D eigenvalue weighted by molar-refractivity contribution is 0.191. The Bertz CT molecular complexity index is 638. The molecule has 124 valence electrons. The lowest BCUT2D eigenvalue weighted by atomic mass is 9.78. The normalized spacial score (nSPS) is 29.0. The second kappa shape index (κ2) is 5.94. The fraction of sp³-hybridized carbons (Fsp3) is 0.800. The molecule has 3 atom stereocenters. The third-order valence-electron chi connectivity index (χ3n) is 4.91. The minimum atomic E-state index is -3.51. The summed E-state index contributed by atoms with van der Waals surface area (Å²) in [6, 6.07) is 0.407. The Morgan fingerprint density at radius 2 is 2.14 bits per heavy atom. The Hall–Kier alpha value is -0.920. The summed E-state index contributed by atoms with van der Waals surface area (Å²) < 4.78 is 30.1. The van der Waals surface area contributed by atoms with Crippen molar-refractivity contribution in [2.75, 3.05) is 6.54 Å². The fourth-order valence-corrected chi connectivity index (χ4v) is 5.10. The largest absolute Gasteiger partial charge is 0.312 e. The summed E-state index contributed by atoms with van der Waals surface area (Å²) in [5.41, 5.74) is 0.562. The number of piperidine rings is 1. The summed E-state index contributed by atoms with van der Waals surface area (Å²) in [5.74, 6) is 0.762. The number of aromatic nitrogens is 2. The number of aryl methyl sites for hydroxylation is 1.